The first-order valence-electron chi connectivity index (χ1n) is 13.2. The van der Waals surface area contributed by atoms with E-state index in [1.54, 1.807) is 6.07 Å². The van der Waals surface area contributed by atoms with Crippen LogP contribution in [0.5, 0.6) is 0 Å². The predicted octanol–water partition coefficient (Wildman–Crippen LogP) is 6.73. The summed E-state index contributed by atoms with van der Waals surface area (Å²) in [4.78, 5) is 16.8. The van der Waals surface area contributed by atoms with E-state index >= 15 is 0 Å². The highest BCUT2D eigenvalue weighted by atomic mass is 19.4. The second-order valence-corrected chi connectivity index (χ2v) is 10.6. The Bertz CT molecular complexity index is 813. The van der Waals surface area contributed by atoms with Crippen molar-refractivity contribution < 1.29 is 18.0 Å². The summed E-state index contributed by atoms with van der Waals surface area (Å²) in [6, 6.07) is 5.70. The van der Waals surface area contributed by atoms with Crippen molar-refractivity contribution in [1.29, 1.82) is 0 Å². The van der Waals surface area contributed by atoms with E-state index in [4.69, 9.17) is 0 Å². The highest BCUT2D eigenvalue weighted by molar-refractivity contribution is 5.81. The summed E-state index contributed by atoms with van der Waals surface area (Å²) >= 11 is 0. The molecule has 0 N–H and O–H groups in total. The number of carbonyl (C=O) groups is 1. The maximum absolute atomic E-state index is 13.0. The summed E-state index contributed by atoms with van der Waals surface area (Å²) in [6.07, 6.45) is 11.3. The van der Waals surface area contributed by atoms with E-state index in [1.807, 2.05) is 0 Å². The Hall–Kier alpha value is -1.82. The predicted molar refractivity (Wildman–Crippen MR) is 131 cm³/mol. The molecule has 1 saturated carbocycles. The zero-order chi connectivity index (χ0) is 24.0. The fourth-order valence-electron chi connectivity index (χ4n) is 5.93. The molecule has 1 aliphatic heterocycles. The first-order chi connectivity index (χ1) is 16.4. The molecule has 0 unspecified atom stereocenters. The Labute approximate surface area is 202 Å². The number of ketones is 1. The quantitative estimate of drug-likeness (QED) is 0.369. The monoisotopic (exact) mass is 476 g/mol. The molecule has 2 fully saturated rings. The number of hydrogen-bond acceptors (Lipinski definition) is 3. The highest BCUT2D eigenvalue weighted by Crippen LogP contribution is 2.35. The molecule has 0 spiro atoms. The smallest absolute Gasteiger partial charge is 0.369 e. The first-order valence-corrected chi connectivity index (χ1v) is 13.2. The molecule has 34 heavy (non-hydrogen) atoms. The molecule has 0 amide bonds. The molecule has 1 aromatic carbocycles. The molecule has 3 aliphatic rings. The van der Waals surface area contributed by atoms with Gasteiger partial charge in [-0.3, -0.25) is 9.69 Å². The molecule has 0 bridgehead atoms. The number of halogens is 3. The van der Waals surface area contributed by atoms with Gasteiger partial charge in [-0.25, -0.2) is 0 Å². The van der Waals surface area contributed by atoms with Gasteiger partial charge < -0.3 is 4.90 Å². The Kier molecular flexibility index (Phi) is 8.73. The number of hydrogen-bond donors (Lipinski definition) is 0. The van der Waals surface area contributed by atoms with E-state index in [0.29, 0.717) is 11.5 Å². The molecular formula is C28H39F3N2O. The Balaban J connectivity index is 1.09. The Morgan fingerprint density at radius 1 is 0.912 bits per heavy atom. The third kappa shape index (κ3) is 7.10. The van der Waals surface area contributed by atoms with Gasteiger partial charge in [0.15, 0.2) is 0 Å². The zero-order valence-electron chi connectivity index (χ0n) is 20.2. The van der Waals surface area contributed by atoms with Crippen LogP contribution in [0.15, 0.2) is 36.4 Å². The normalized spacial score (nSPS) is 24.6. The van der Waals surface area contributed by atoms with Crippen molar-refractivity contribution in [3.05, 3.63) is 42.0 Å². The van der Waals surface area contributed by atoms with E-state index in [1.165, 1.54) is 50.7 Å². The van der Waals surface area contributed by atoms with Crippen LogP contribution in [0.1, 0.15) is 69.8 Å². The van der Waals surface area contributed by atoms with E-state index in [-0.39, 0.29) is 5.92 Å². The fraction of sp³-hybridized carbons (Fsp3) is 0.679. The largest absolute Gasteiger partial charge is 0.416 e. The van der Waals surface area contributed by atoms with E-state index < -0.39 is 11.7 Å². The van der Waals surface area contributed by atoms with Crippen LogP contribution in [0.3, 0.4) is 0 Å². The van der Waals surface area contributed by atoms with Crippen molar-refractivity contribution in [2.75, 3.05) is 37.6 Å². The lowest BCUT2D eigenvalue weighted by Crippen LogP contribution is -2.47. The van der Waals surface area contributed by atoms with Crippen LogP contribution in [0.2, 0.25) is 0 Å². The zero-order valence-corrected chi connectivity index (χ0v) is 20.2. The van der Waals surface area contributed by atoms with E-state index in [0.717, 1.165) is 76.3 Å². The van der Waals surface area contributed by atoms with Gasteiger partial charge in [0.1, 0.15) is 5.78 Å². The third-order valence-corrected chi connectivity index (χ3v) is 8.23. The van der Waals surface area contributed by atoms with Gasteiger partial charge in [0.25, 0.3) is 0 Å². The van der Waals surface area contributed by atoms with Gasteiger partial charge >= 0.3 is 6.18 Å². The van der Waals surface area contributed by atoms with Crippen molar-refractivity contribution in [3.8, 4) is 0 Å². The number of carbonyl (C=O) groups excluding carboxylic acids is 1. The molecule has 1 saturated heterocycles. The summed E-state index contributed by atoms with van der Waals surface area (Å²) in [5.74, 6) is 2.32. The van der Waals surface area contributed by atoms with Crippen molar-refractivity contribution >= 4 is 11.5 Å². The lowest BCUT2D eigenvalue weighted by molar-refractivity contribution is -0.137. The van der Waals surface area contributed by atoms with Crippen LogP contribution in [-0.2, 0) is 11.0 Å². The summed E-state index contributed by atoms with van der Waals surface area (Å²) in [5.41, 5.74) is 0.107. The molecule has 0 aromatic heterocycles. The van der Waals surface area contributed by atoms with Crippen molar-refractivity contribution in [1.82, 2.24) is 4.90 Å². The van der Waals surface area contributed by atoms with Crippen LogP contribution in [0.4, 0.5) is 18.9 Å². The summed E-state index contributed by atoms with van der Waals surface area (Å²) in [5, 5.41) is 0. The molecule has 2 aliphatic carbocycles. The highest BCUT2D eigenvalue weighted by Gasteiger charge is 2.31. The lowest BCUT2D eigenvalue weighted by Gasteiger charge is -2.37. The molecule has 4 rings (SSSR count). The molecule has 1 aromatic rings. The van der Waals surface area contributed by atoms with Gasteiger partial charge in [-0.2, -0.15) is 13.2 Å². The number of nitrogens with zero attached hydrogens (tertiary/aromatic N) is 2. The van der Waals surface area contributed by atoms with Crippen LogP contribution in [0.25, 0.3) is 0 Å². The third-order valence-electron chi connectivity index (χ3n) is 8.23. The molecule has 0 atom stereocenters. The lowest BCUT2D eigenvalue weighted by atomic mass is 9.78. The number of benzene rings is 1. The van der Waals surface area contributed by atoms with Crippen molar-refractivity contribution in [2.45, 2.75) is 70.4 Å². The summed E-state index contributed by atoms with van der Waals surface area (Å²) in [7, 11) is 0. The number of alkyl halides is 3. The second kappa shape index (κ2) is 11.7. The second-order valence-electron chi connectivity index (χ2n) is 10.6. The average molecular weight is 477 g/mol. The SMILES string of the molecule is O=C(CCCC1CCC(CCN2CCN(c3cccc(C(F)(F)F)c3)CC2)CC1)C1CC=CC1. The van der Waals surface area contributed by atoms with Crippen molar-refractivity contribution in [3.63, 3.8) is 0 Å². The molecule has 1 heterocycles. The maximum atomic E-state index is 13.0. The van der Waals surface area contributed by atoms with Gasteiger partial charge in [-0.05, 0) is 62.3 Å². The van der Waals surface area contributed by atoms with Gasteiger partial charge in [-0.15, -0.1) is 0 Å². The minimum atomic E-state index is -4.29. The number of Topliss-reactive ketones (excluding diaryl/α,β-unsaturated/α-hetero) is 1. The van der Waals surface area contributed by atoms with Crippen molar-refractivity contribution in [2.24, 2.45) is 17.8 Å². The molecule has 188 valence electrons. The number of allylic oxidation sites excluding steroid dienone is 2. The molecule has 6 heteroatoms. The van der Waals surface area contributed by atoms with Crippen LogP contribution in [-0.4, -0.2) is 43.4 Å². The standard InChI is InChI=1S/C28H39F3N2O/c29-28(30,31)25-8-4-9-26(21-25)33-19-17-32(18-20-33)16-15-23-13-11-22(12-14-23)5-3-10-27(34)24-6-1-2-7-24/h1-2,4,8-9,21-24H,3,5-7,10-20H2. The topological polar surface area (TPSA) is 23.6 Å². The van der Waals surface area contributed by atoms with Gasteiger partial charge in [0, 0.05) is 44.2 Å². The first kappa shape index (κ1) is 25.3. The van der Waals surface area contributed by atoms with Gasteiger partial charge in [0.05, 0.1) is 5.56 Å². The number of rotatable bonds is 9. The van der Waals surface area contributed by atoms with Crippen LogP contribution < -0.4 is 4.90 Å². The average Bonchev–Trinajstić information content (AvgIpc) is 3.39. The van der Waals surface area contributed by atoms with E-state index in [2.05, 4.69) is 22.0 Å². The molecule has 0 radical (unpaired) electrons. The van der Waals surface area contributed by atoms with Gasteiger partial charge in [0.2, 0.25) is 0 Å². The summed E-state index contributed by atoms with van der Waals surface area (Å²) in [6.45, 7) is 4.48. The Morgan fingerprint density at radius 2 is 1.56 bits per heavy atom. The van der Waals surface area contributed by atoms with E-state index in [9.17, 15) is 18.0 Å². The fourth-order valence-corrected chi connectivity index (χ4v) is 5.93. The minimum absolute atomic E-state index is 0.266. The maximum Gasteiger partial charge on any atom is 0.416 e. The number of anilines is 1. The summed E-state index contributed by atoms with van der Waals surface area (Å²) < 4.78 is 39.0. The molecule has 3 nitrogen and oxygen atoms in total. The minimum Gasteiger partial charge on any atom is -0.369 e. The van der Waals surface area contributed by atoms with Crippen LogP contribution in [0, 0.1) is 17.8 Å². The number of piperazine rings is 1. The van der Waals surface area contributed by atoms with Crippen LogP contribution >= 0.6 is 0 Å². The Morgan fingerprint density at radius 3 is 2.21 bits per heavy atom. The van der Waals surface area contributed by atoms with Gasteiger partial charge in [-0.1, -0.05) is 50.3 Å². The molecular weight excluding hydrogens is 437 g/mol.